The van der Waals surface area contributed by atoms with Gasteiger partial charge in [-0.1, -0.05) is 18.2 Å². The van der Waals surface area contributed by atoms with E-state index in [1.807, 2.05) is 24.3 Å². The van der Waals surface area contributed by atoms with Crippen LogP contribution in [0.4, 0.5) is 13.2 Å². The second-order valence-corrected chi connectivity index (χ2v) is 4.81. The van der Waals surface area contributed by atoms with Crippen LogP contribution in [0.1, 0.15) is 28.4 Å². The van der Waals surface area contributed by atoms with Crippen LogP contribution in [0, 0.1) is 0 Å². The number of halogens is 3. The van der Waals surface area contributed by atoms with Gasteiger partial charge in [-0.05, 0) is 35.9 Å². The van der Waals surface area contributed by atoms with Gasteiger partial charge in [-0.2, -0.15) is 13.2 Å². The number of nitrogens with one attached hydrogen (secondary N) is 2. The van der Waals surface area contributed by atoms with E-state index in [1.165, 1.54) is 12.1 Å². The minimum atomic E-state index is -4.34. The van der Waals surface area contributed by atoms with Gasteiger partial charge in [-0.15, -0.1) is 0 Å². The van der Waals surface area contributed by atoms with Crippen molar-refractivity contribution in [3.63, 3.8) is 0 Å². The molecule has 3 aromatic rings. The molecule has 0 aliphatic rings. The van der Waals surface area contributed by atoms with Crippen LogP contribution in [-0.4, -0.2) is 9.97 Å². The zero-order chi connectivity index (χ0) is 14.9. The number of hydrogen-bond acceptors (Lipinski definition) is 0. The molecule has 0 spiro atoms. The lowest BCUT2D eigenvalue weighted by molar-refractivity contribution is -0.137. The summed E-state index contributed by atoms with van der Waals surface area (Å²) in [5.74, 6) is -0.280. The summed E-state index contributed by atoms with van der Waals surface area (Å²) in [5.41, 5.74) is 1.64. The number of aromatic nitrogens is 2. The van der Waals surface area contributed by atoms with Gasteiger partial charge in [0.15, 0.2) is 0 Å². The Kier molecular flexibility index (Phi) is 3.33. The van der Waals surface area contributed by atoms with Gasteiger partial charge in [-0.25, -0.2) is 0 Å². The quantitative estimate of drug-likeness (QED) is 0.709. The van der Waals surface area contributed by atoms with Gasteiger partial charge in [0.1, 0.15) is 0 Å². The molecule has 0 aliphatic heterocycles. The molecule has 108 valence electrons. The van der Waals surface area contributed by atoms with Gasteiger partial charge in [0.25, 0.3) is 0 Å². The van der Waals surface area contributed by atoms with Gasteiger partial charge in [0.05, 0.1) is 11.5 Å². The molecule has 21 heavy (non-hydrogen) atoms. The van der Waals surface area contributed by atoms with Crippen molar-refractivity contribution in [1.82, 2.24) is 9.97 Å². The van der Waals surface area contributed by atoms with E-state index >= 15 is 0 Å². The first kappa shape index (κ1) is 13.5. The van der Waals surface area contributed by atoms with E-state index in [0.717, 1.165) is 17.5 Å². The summed E-state index contributed by atoms with van der Waals surface area (Å²) in [5, 5.41) is 0. The molecule has 0 aliphatic carbocycles. The molecule has 0 amide bonds. The van der Waals surface area contributed by atoms with Crippen LogP contribution in [0.2, 0.25) is 0 Å². The molecule has 1 aromatic carbocycles. The molecule has 0 unspecified atom stereocenters. The van der Waals surface area contributed by atoms with Crippen molar-refractivity contribution in [3.8, 4) is 0 Å². The first-order chi connectivity index (χ1) is 10.1. The molecule has 0 bridgehead atoms. The van der Waals surface area contributed by atoms with Crippen molar-refractivity contribution < 1.29 is 13.2 Å². The maximum atomic E-state index is 12.9. The molecule has 2 N–H and O–H groups in total. The Morgan fingerprint density at radius 1 is 0.810 bits per heavy atom. The largest absolute Gasteiger partial charge is 0.416 e. The van der Waals surface area contributed by atoms with Crippen molar-refractivity contribution in [2.75, 3.05) is 0 Å². The van der Waals surface area contributed by atoms with E-state index in [-0.39, 0.29) is 5.92 Å². The van der Waals surface area contributed by atoms with Crippen LogP contribution in [0.15, 0.2) is 60.9 Å². The first-order valence-electron chi connectivity index (χ1n) is 6.49. The molecular weight excluding hydrogens is 277 g/mol. The smallest absolute Gasteiger partial charge is 0.364 e. The predicted molar refractivity (Wildman–Crippen MR) is 74.0 cm³/mol. The van der Waals surface area contributed by atoms with Crippen LogP contribution >= 0.6 is 0 Å². The molecule has 2 aromatic heterocycles. The molecule has 3 rings (SSSR count). The van der Waals surface area contributed by atoms with E-state index in [4.69, 9.17) is 0 Å². The molecule has 0 saturated carbocycles. The van der Waals surface area contributed by atoms with E-state index in [0.29, 0.717) is 5.56 Å². The maximum Gasteiger partial charge on any atom is 0.416 e. The van der Waals surface area contributed by atoms with E-state index in [2.05, 4.69) is 9.97 Å². The fourth-order valence-corrected chi connectivity index (χ4v) is 2.47. The molecule has 2 heterocycles. The molecule has 0 fully saturated rings. The summed E-state index contributed by atoms with van der Waals surface area (Å²) >= 11 is 0. The standard InChI is InChI=1S/C16H13F3N2/c17-16(18,19)12-5-1-4-11(10-12)15(13-6-2-8-20-13)14-7-3-9-21-14/h1-10,15,20-21H. The summed E-state index contributed by atoms with van der Waals surface area (Å²) in [7, 11) is 0. The molecule has 2 nitrogen and oxygen atoms in total. The number of hydrogen-bond donors (Lipinski definition) is 2. The lowest BCUT2D eigenvalue weighted by Crippen LogP contribution is -2.09. The molecule has 0 radical (unpaired) electrons. The summed E-state index contributed by atoms with van der Waals surface area (Å²) in [6.45, 7) is 0. The Bertz CT molecular complexity index is 663. The number of rotatable bonds is 3. The highest BCUT2D eigenvalue weighted by Gasteiger charge is 2.31. The summed E-state index contributed by atoms with van der Waals surface area (Å²) in [6, 6.07) is 12.8. The highest BCUT2D eigenvalue weighted by molar-refractivity contribution is 5.40. The average Bonchev–Trinajstić information content (AvgIpc) is 3.12. The van der Waals surface area contributed by atoms with E-state index in [1.54, 1.807) is 18.5 Å². The molecular formula is C16H13F3N2. The highest BCUT2D eigenvalue weighted by atomic mass is 19.4. The van der Waals surface area contributed by atoms with Crippen LogP contribution in [-0.2, 0) is 6.18 Å². The highest BCUT2D eigenvalue weighted by Crippen LogP contribution is 2.34. The molecule has 0 saturated heterocycles. The van der Waals surface area contributed by atoms with Gasteiger partial charge >= 0.3 is 6.18 Å². The Morgan fingerprint density at radius 3 is 1.90 bits per heavy atom. The normalized spacial score (nSPS) is 12.0. The summed E-state index contributed by atoms with van der Waals surface area (Å²) < 4.78 is 38.7. The zero-order valence-corrected chi connectivity index (χ0v) is 11.0. The minimum absolute atomic E-state index is 0.280. The maximum absolute atomic E-state index is 12.9. The fraction of sp³-hybridized carbons (Fsp3) is 0.125. The summed E-state index contributed by atoms with van der Waals surface area (Å²) in [6.07, 6.45) is -0.816. The van der Waals surface area contributed by atoms with Crippen LogP contribution in [0.5, 0.6) is 0 Å². The monoisotopic (exact) mass is 290 g/mol. The number of benzene rings is 1. The predicted octanol–water partition coefficient (Wildman–Crippen LogP) is 4.54. The lowest BCUT2D eigenvalue weighted by atomic mass is 9.91. The molecule has 5 heteroatoms. The second kappa shape index (κ2) is 5.16. The third-order valence-electron chi connectivity index (χ3n) is 3.41. The van der Waals surface area contributed by atoms with Crippen molar-refractivity contribution in [3.05, 3.63) is 83.4 Å². The van der Waals surface area contributed by atoms with Crippen LogP contribution in [0.25, 0.3) is 0 Å². The Balaban J connectivity index is 2.10. The zero-order valence-electron chi connectivity index (χ0n) is 11.0. The van der Waals surface area contributed by atoms with Gasteiger partial charge in [-0.3, -0.25) is 0 Å². The van der Waals surface area contributed by atoms with Crippen LogP contribution < -0.4 is 0 Å². The summed E-state index contributed by atoms with van der Waals surface area (Å²) in [4.78, 5) is 6.16. The number of alkyl halides is 3. The Morgan fingerprint density at radius 2 is 1.43 bits per heavy atom. The third-order valence-corrected chi connectivity index (χ3v) is 3.41. The Labute approximate surface area is 119 Å². The van der Waals surface area contributed by atoms with Gasteiger partial charge in [0, 0.05) is 23.8 Å². The fourth-order valence-electron chi connectivity index (χ4n) is 2.47. The van der Waals surface area contributed by atoms with Gasteiger partial charge in [0.2, 0.25) is 0 Å². The average molecular weight is 290 g/mol. The second-order valence-electron chi connectivity index (χ2n) is 4.81. The van der Waals surface area contributed by atoms with Gasteiger partial charge < -0.3 is 9.97 Å². The number of H-pyrrole nitrogens is 2. The first-order valence-corrected chi connectivity index (χ1v) is 6.49. The van der Waals surface area contributed by atoms with Crippen molar-refractivity contribution in [1.29, 1.82) is 0 Å². The number of aromatic amines is 2. The molecule has 0 atom stereocenters. The van der Waals surface area contributed by atoms with Crippen molar-refractivity contribution in [2.45, 2.75) is 12.1 Å². The lowest BCUT2D eigenvalue weighted by Gasteiger charge is -2.17. The van der Waals surface area contributed by atoms with Crippen molar-refractivity contribution in [2.24, 2.45) is 0 Å². The van der Waals surface area contributed by atoms with E-state index < -0.39 is 11.7 Å². The third kappa shape index (κ3) is 2.72. The van der Waals surface area contributed by atoms with E-state index in [9.17, 15) is 13.2 Å². The Hall–Kier alpha value is -2.43. The van der Waals surface area contributed by atoms with Crippen molar-refractivity contribution >= 4 is 0 Å². The minimum Gasteiger partial charge on any atom is -0.364 e. The topological polar surface area (TPSA) is 31.6 Å². The SMILES string of the molecule is FC(F)(F)c1cccc(C(c2ccc[nH]2)c2ccc[nH]2)c1. The van der Waals surface area contributed by atoms with Crippen LogP contribution in [0.3, 0.4) is 0 Å².